The van der Waals surface area contributed by atoms with Crippen molar-refractivity contribution in [2.75, 3.05) is 39.3 Å². The van der Waals surface area contributed by atoms with E-state index in [2.05, 4.69) is 22.0 Å². The van der Waals surface area contributed by atoms with E-state index in [-0.39, 0.29) is 18.0 Å². The molecule has 1 aliphatic heterocycles. The van der Waals surface area contributed by atoms with Gasteiger partial charge in [-0.25, -0.2) is 0 Å². The largest absolute Gasteiger partial charge is 0.353 e. The molecule has 1 amide bonds. The Hall–Kier alpha value is -0.650. The summed E-state index contributed by atoms with van der Waals surface area (Å²) in [5, 5.41) is 2.98. The number of amides is 1. The maximum Gasteiger partial charge on any atom is 0.237 e. The fourth-order valence-electron chi connectivity index (χ4n) is 2.42. The van der Waals surface area contributed by atoms with Crippen LogP contribution in [0.5, 0.6) is 0 Å². The van der Waals surface area contributed by atoms with Crippen molar-refractivity contribution in [2.24, 2.45) is 11.7 Å². The molecule has 0 aromatic carbocycles. The molecule has 0 aliphatic carbocycles. The molecule has 0 saturated carbocycles. The van der Waals surface area contributed by atoms with Gasteiger partial charge in [-0.05, 0) is 33.2 Å². The highest BCUT2D eigenvalue weighted by atomic mass is 16.2. The van der Waals surface area contributed by atoms with E-state index >= 15 is 0 Å². The Labute approximate surface area is 117 Å². The van der Waals surface area contributed by atoms with E-state index < -0.39 is 0 Å². The fourth-order valence-corrected chi connectivity index (χ4v) is 2.42. The van der Waals surface area contributed by atoms with E-state index in [4.69, 9.17) is 5.73 Å². The maximum absolute atomic E-state index is 12.0. The average Bonchev–Trinajstić information content (AvgIpc) is 2.37. The molecule has 1 fully saturated rings. The summed E-state index contributed by atoms with van der Waals surface area (Å²) in [6.07, 6.45) is 0. The number of hydrogen-bond acceptors (Lipinski definition) is 4. The SMILES string of the molecule is CC(CN)CN1CCN(C(C)C(=O)NC(C)C)CC1. The molecule has 5 nitrogen and oxygen atoms in total. The second kappa shape index (κ2) is 7.82. The van der Waals surface area contributed by atoms with E-state index in [0.717, 1.165) is 39.3 Å². The summed E-state index contributed by atoms with van der Waals surface area (Å²) >= 11 is 0. The van der Waals surface area contributed by atoms with Crippen LogP contribution in [0.15, 0.2) is 0 Å². The van der Waals surface area contributed by atoms with E-state index in [0.29, 0.717) is 5.92 Å². The van der Waals surface area contributed by atoms with Gasteiger partial charge >= 0.3 is 0 Å². The van der Waals surface area contributed by atoms with Gasteiger partial charge in [-0.1, -0.05) is 6.92 Å². The zero-order chi connectivity index (χ0) is 14.4. The molecule has 1 rings (SSSR count). The molecular formula is C14H30N4O. The molecule has 0 aromatic rings. The smallest absolute Gasteiger partial charge is 0.237 e. The molecule has 0 aromatic heterocycles. The monoisotopic (exact) mass is 270 g/mol. The molecule has 3 N–H and O–H groups in total. The van der Waals surface area contributed by atoms with Gasteiger partial charge in [-0.15, -0.1) is 0 Å². The Morgan fingerprint density at radius 2 is 1.74 bits per heavy atom. The molecule has 1 saturated heterocycles. The van der Waals surface area contributed by atoms with Crippen LogP contribution < -0.4 is 11.1 Å². The maximum atomic E-state index is 12.0. The molecule has 112 valence electrons. The van der Waals surface area contributed by atoms with Crippen LogP contribution in [0.1, 0.15) is 27.7 Å². The zero-order valence-corrected chi connectivity index (χ0v) is 12.9. The third-order valence-corrected chi connectivity index (χ3v) is 3.74. The van der Waals surface area contributed by atoms with Crippen LogP contribution in [0.4, 0.5) is 0 Å². The van der Waals surface area contributed by atoms with Gasteiger partial charge in [0.15, 0.2) is 0 Å². The Kier molecular flexibility index (Phi) is 6.75. The van der Waals surface area contributed by atoms with Gasteiger partial charge in [0.05, 0.1) is 6.04 Å². The van der Waals surface area contributed by atoms with Gasteiger partial charge < -0.3 is 16.0 Å². The number of nitrogens with one attached hydrogen (secondary N) is 1. The van der Waals surface area contributed by atoms with Crippen LogP contribution in [0.25, 0.3) is 0 Å². The number of nitrogens with zero attached hydrogens (tertiary/aromatic N) is 2. The summed E-state index contributed by atoms with van der Waals surface area (Å²) < 4.78 is 0. The van der Waals surface area contributed by atoms with Crippen molar-refractivity contribution in [3.63, 3.8) is 0 Å². The highest BCUT2D eigenvalue weighted by molar-refractivity contribution is 5.81. The third-order valence-electron chi connectivity index (χ3n) is 3.74. The quantitative estimate of drug-likeness (QED) is 0.719. The first-order valence-electron chi connectivity index (χ1n) is 7.40. The lowest BCUT2D eigenvalue weighted by atomic mass is 10.1. The minimum absolute atomic E-state index is 0.0310. The van der Waals surface area contributed by atoms with Crippen molar-refractivity contribution >= 4 is 5.91 Å². The van der Waals surface area contributed by atoms with Gasteiger partial charge in [-0.3, -0.25) is 9.69 Å². The molecule has 1 aliphatic rings. The van der Waals surface area contributed by atoms with Gasteiger partial charge in [0.2, 0.25) is 5.91 Å². The van der Waals surface area contributed by atoms with Crippen LogP contribution in [0, 0.1) is 5.92 Å². The van der Waals surface area contributed by atoms with Crippen LogP contribution in [0.3, 0.4) is 0 Å². The lowest BCUT2D eigenvalue weighted by Crippen LogP contribution is -2.55. The van der Waals surface area contributed by atoms with Gasteiger partial charge in [0.1, 0.15) is 0 Å². The molecule has 0 spiro atoms. The van der Waals surface area contributed by atoms with Crippen molar-refractivity contribution in [1.82, 2.24) is 15.1 Å². The van der Waals surface area contributed by atoms with E-state index in [1.165, 1.54) is 0 Å². The lowest BCUT2D eigenvalue weighted by Gasteiger charge is -2.38. The second-order valence-electron chi connectivity index (χ2n) is 6.02. The van der Waals surface area contributed by atoms with Crippen LogP contribution in [-0.4, -0.2) is 67.1 Å². The molecule has 1 heterocycles. The molecule has 2 atom stereocenters. The summed E-state index contributed by atoms with van der Waals surface area (Å²) in [6, 6.07) is 0.179. The molecule has 5 heteroatoms. The van der Waals surface area contributed by atoms with E-state index in [9.17, 15) is 4.79 Å². The molecule has 0 bridgehead atoms. The normalized spacial score (nSPS) is 21.4. The predicted molar refractivity (Wildman–Crippen MR) is 79.0 cm³/mol. The van der Waals surface area contributed by atoms with Gasteiger partial charge in [-0.2, -0.15) is 0 Å². The lowest BCUT2D eigenvalue weighted by molar-refractivity contribution is -0.127. The zero-order valence-electron chi connectivity index (χ0n) is 12.9. The third kappa shape index (κ3) is 5.47. The van der Waals surface area contributed by atoms with Crippen molar-refractivity contribution in [3.8, 4) is 0 Å². The number of hydrogen-bond donors (Lipinski definition) is 2. The number of piperazine rings is 1. The molecule has 0 radical (unpaired) electrons. The van der Waals surface area contributed by atoms with E-state index in [1.54, 1.807) is 0 Å². The standard InChI is InChI=1S/C14H30N4O/c1-11(2)16-14(19)13(4)18-7-5-17(6-8-18)10-12(3)9-15/h11-13H,5-10,15H2,1-4H3,(H,16,19). The highest BCUT2D eigenvalue weighted by Crippen LogP contribution is 2.08. The summed E-state index contributed by atoms with van der Waals surface area (Å²) in [5.74, 6) is 0.687. The van der Waals surface area contributed by atoms with Gasteiger partial charge in [0, 0.05) is 38.8 Å². The van der Waals surface area contributed by atoms with Crippen LogP contribution >= 0.6 is 0 Å². The minimum atomic E-state index is -0.0310. The number of rotatable bonds is 6. The highest BCUT2D eigenvalue weighted by Gasteiger charge is 2.25. The molecule has 19 heavy (non-hydrogen) atoms. The second-order valence-corrected chi connectivity index (χ2v) is 6.02. The molecular weight excluding hydrogens is 240 g/mol. The summed E-state index contributed by atoms with van der Waals surface area (Å²) in [4.78, 5) is 16.7. The number of carbonyl (C=O) groups excluding carboxylic acids is 1. The first-order chi connectivity index (χ1) is 8.93. The Bertz CT molecular complexity index is 275. The first kappa shape index (κ1) is 16.4. The minimum Gasteiger partial charge on any atom is -0.353 e. The predicted octanol–water partition coefficient (Wildman–Crippen LogP) is 0.112. The van der Waals surface area contributed by atoms with Crippen LogP contribution in [0.2, 0.25) is 0 Å². The van der Waals surface area contributed by atoms with Crippen molar-refractivity contribution in [1.29, 1.82) is 0 Å². The summed E-state index contributed by atoms with van der Waals surface area (Å²) in [7, 11) is 0. The fraction of sp³-hybridized carbons (Fsp3) is 0.929. The first-order valence-corrected chi connectivity index (χ1v) is 7.40. The van der Waals surface area contributed by atoms with Crippen molar-refractivity contribution in [2.45, 2.75) is 39.8 Å². The van der Waals surface area contributed by atoms with Crippen molar-refractivity contribution < 1.29 is 4.79 Å². The Balaban J connectivity index is 2.34. The van der Waals surface area contributed by atoms with Gasteiger partial charge in [0.25, 0.3) is 0 Å². The van der Waals surface area contributed by atoms with Crippen LogP contribution in [-0.2, 0) is 4.79 Å². The summed E-state index contributed by atoms with van der Waals surface area (Å²) in [6.45, 7) is 14.0. The Morgan fingerprint density at radius 1 is 1.16 bits per heavy atom. The summed E-state index contributed by atoms with van der Waals surface area (Å²) in [5.41, 5.74) is 5.66. The average molecular weight is 270 g/mol. The number of nitrogens with two attached hydrogens (primary N) is 1. The van der Waals surface area contributed by atoms with E-state index in [1.807, 2.05) is 20.8 Å². The topological polar surface area (TPSA) is 61.6 Å². The Morgan fingerprint density at radius 3 is 2.21 bits per heavy atom. The molecule has 2 unspecified atom stereocenters. The number of carbonyl (C=O) groups is 1. The van der Waals surface area contributed by atoms with Crippen molar-refractivity contribution in [3.05, 3.63) is 0 Å².